The van der Waals surface area contributed by atoms with Crippen molar-refractivity contribution in [3.8, 4) is 28.3 Å². The van der Waals surface area contributed by atoms with E-state index in [4.69, 9.17) is 4.74 Å². The number of anilines is 1. The Bertz CT molecular complexity index is 1340. The van der Waals surface area contributed by atoms with Gasteiger partial charge >= 0.3 is 0 Å². The molecular weight excluding hydrogens is 482 g/mol. The summed E-state index contributed by atoms with van der Waals surface area (Å²) in [6.45, 7) is 5.81. The number of nitrogens with zero attached hydrogens (tertiary/aromatic N) is 1. The summed E-state index contributed by atoms with van der Waals surface area (Å²) in [7, 11) is 1.63. The molecule has 3 aromatic carbocycles. The van der Waals surface area contributed by atoms with Crippen LogP contribution in [-0.4, -0.2) is 18.0 Å². The quantitative estimate of drug-likeness (QED) is 0.260. The van der Waals surface area contributed by atoms with Gasteiger partial charge in [-0.3, -0.25) is 4.79 Å². The summed E-state index contributed by atoms with van der Waals surface area (Å²) in [5.41, 5.74) is 5.93. The molecule has 0 fully saturated rings. The zero-order valence-corrected chi connectivity index (χ0v) is 20.4. The number of benzene rings is 3. The number of carbonyl (C=O) groups excluding carboxylic acids is 1. The highest BCUT2D eigenvalue weighted by Gasteiger charge is 2.26. The van der Waals surface area contributed by atoms with Gasteiger partial charge in [0.1, 0.15) is 5.75 Å². The van der Waals surface area contributed by atoms with E-state index >= 15 is 0 Å². The molecule has 1 amide bonds. The predicted octanol–water partition coefficient (Wildman–Crippen LogP) is 5.93. The first-order valence-corrected chi connectivity index (χ1v) is 11.2. The van der Waals surface area contributed by atoms with E-state index in [0.29, 0.717) is 33.2 Å². The Kier molecular flexibility index (Phi) is 6.24. The van der Waals surface area contributed by atoms with Gasteiger partial charge in [-0.2, -0.15) is 0 Å². The fraction of sp³-hybridized carbons (Fsp3) is 0.154. The molecule has 0 aliphatic heterocycles. The topological polar surface area (TPSA) is 81.1 Å². The Morgan fingerprint density at radius 2 is 1.73 bits per heavy atom. The number of imidazole rings is 1. The third-order valence-electron chi connectivity index (χ3n) is 5.59. The Morgan fingerprint density at radius 1 is 1.03 bits per heavy atom. The fourth-order valence-corrected chi connectivity index (χ4v) is 4.45. The normalized spacial score (nSPS) is 10.8. The number of ether oxygens (including phenoxy) is 1. The van der Waals surface area contributed by atoms with Crippen LogP contribution in [-0.2, 0) is 0 Å². The van der Waals surface area contributed by atoms with Gasteiger partial charge in [0.15, 0.2) is 5.69 Å². The molecule has 4 aromatic rings. The first kappa shape index (κ1) is 22.6. The summed E-state index contributed by atoms with van der Waals surface area (Å²) >= 11 is 3.39. The molecule has 0 saturated heterocycles. The molecule has 33 heavy (non-hydrogen) atoms. The minimum atomic E-state index is -0.480. The van der Waals surface area contributed by atoms with Crippen LogP contribution in [0.3, 0.4) is 0 Å². The maximum absolute atomic E-state index is 13.2. The number of hydrogen-bond acceptors (Lipinski definition) is 3. The van der Waals surface area contributed by atoms with E-state index in [1.54, 1.807) is 26.2 Å². The van der Waals surface area contributed by atoms with Crippen LogP contribution in [0.2, 0.25) is 0 Å². The van der Waals surface area contributed by atoms with Crippen molar-refractivity contribution >= 4 is 27.5 Å². The molecule has 7 heteroatoms. The van der Waals surface area contributed by atoms with Gasteiger partial charge in [0.05, 0.1) is 12.7 Å². The molecule has 4 rings (SSSR count). The zero-order valence-electron chi connectivity index (χ0n) is 18.8. The van der Waals surface area contributed by atoms with Gasteiger partial charge in [-0.25, -0.2) is 9.71 Å². The number of amides is 1. The molecule has 0 atom stereocenters. The zero-order chi connectivity index (χ0) is 23.7. The average molecular weight is 506 g/mol. The van der Waals surface area contributed by atoms with Crippen molar-refractivity contribution in [3.05, 3.63) is 92.9 Å². The Morgan fingerprint density at radius 3 is 2.39 bits per heavy atom. The molecule has 0 radical (unpaired) electrons. The van der Waals surface area contributed by atoms with Crippen molar-refractivity contribution in [2.45, 2.75) is 20.8 Å². The molecule has 0 bridgehead atoms. The number of methoxy groups -OCH3 is 1. The summed E-state index contributed by atoms with van der Waals surface area (Å²) in [6, 6.07) is 18.9. The van der Waals surface area contributed by atoms with E-state index in [9.17, 15) is 10.0 Å². The molecule has 6 nitrogen and oxygen atoms in total. The van der Waals surface area contributed by atoms with Gasteiger partial charge in [-0.05, 0) is 66.9 Å². The summed E-state index contributed by atoms with van der Waals surface area (Å²) in [5, 5.41) is 16.0. The van der Waals surface area contributed by atoms with Gasteiger partial charge in [-0.1, -0.05) is 40.2 Å². The first-order chi connectivity index (χ1) is 15.8. The van der Waals surface area contributed by atoms with E-state index in [0.717, 1.165) is 26.7 Å². The summed E-state index contributed by atoms with van der Waals surface area (Å²) < 4.78 is 7.10. The number of aromatic nitrogens is 2. The minimum Gasteiger partial charge on any atom is -0.710 e. The van der Waals surface area contributed by atoms with Crippen molar-refractivity contribution in [1.82, 2.24) is 4.98 Å². The van der Waals surface area contributed by atoms with E-state index < -0.39 is 5.91 Å². The SMILES string of the molecule is COc1ccc(-c2[nH]c(C)c(C(=O)Nc3cccc(Br)c3)[n+]2[O-])cc1-c1c(C)cccc1C. The van der Waals surface area contributed by atoms with E-state index in [1.807, 2.05) is 62.4 Å². The Hall–Kier alpha value is -3.58. The molecule has 0 aliphatic rings. The molecule has 1 heterocycles. The highest BCUT2D eigenvalue weighted by molar-refractivity contribution is 9.10. The van der Waals surface area contributed by atoms with Crippen molar-refractivity contribution in [3.63, 3.8) is 0 Å². The lowest BCUT2D eigenvalue weighted by molar-refractivity contribution is -0.594. The lowest BCUT2D eigenvalue weighted by atomic mass is 9.93. The van der Waals surface area contributed by atoms with Gasteiger partial charge < -0.3 is 15.3 Å². The fourth-order valence-electron chi connectivity index (χ4n) is 4.05. The van der Waals surface area contributed by atoms with Crippen LogP contribution < -0.4 is 14.8 Å². The molecule has 2 N–H and O–H groups in total. The second kappa shape index (κ2) is 9.11. The van der Waals surface area contributed by atoms with E-state index in [1.165, 1.54) is 0 Å². The van der Waals surface area contributed by atoms with Gasteiger partial charge in [0, 0.05) is 22.6 Å². The maximum Gasteiger partial charge on any atom is 0.300 e. The summed E-state index contributed by atoms with van der Waals surface area (Å²) in [6.07, 6.45) is 0. The third-order valence-corrected chi connectivity index (χ3v) is 6.08. The van der Waals surface area contributed by atoms with Gasteiger partial charge in [-0.15, -0.1) is 0 Å². The van der Waals surface area contributed by atoms with Crippen LogP contribution >= 0.6 is 15.9 Å². The Labute approximate surface area is 201 Å². The molecular formula is C26H24BrN3O3. The van der Waals surface area contributed by atoms with Crippen LogP contribution in [0.1, 0.15) is 27.3 Å². The standard InChI is InChI=1S/C26H24BrN3O3/c1-15-7-5-8-16(2)23(15)21-13-18(11-12-22(21)33-4)25-28-17(3)24(30(25)32)26(31)29-20-10-6-9-19(27)14-20/h5-14,28H,1-4H3,(H,29,31). The van der Waals surface area contributed by atoms with Crippen molar-refractivity contribution < 1.29 is 14.3 Å². The monoisotopic (exact) mass is 505 g/mol. The number of carbonyl (C=O) groups is 1. The minimum absolute atomic E-state index is 0.0226. The number of aromatic amines is 1. The maximum atomic E-state index is 13.2. The lowest BCUT2D eigenvalue weighted by Gasteiger charge is -2.15. The molecule has 168 valence electrons. The number of rotatable bonds is 5. The number of aryl methyl sites for hydroxylation is 3. The smallest absolute Gasteiger partial charge is 0.300 e. The van der Waals surface area contributed by atoms with Crippen molar-refractivity contribution in [2.24, 2.45) is 0 Å². The highest BCUT2D eigenvalue weighted by Crippen LogP contribution is 2.37. The number of hydrogen-bond donors (Lipinski definition) is 2. The Balaban J connectivity index is 1.77. The molecule has 1 aromatic heterocycles. The molecule has 0 aliphatic carbocycles. The average Bonchev–Trinajstić information content (AvgIpc) is 3.07. The largest absolute Gasteiger partial charge is 0.710 e. The van der Waals surface area contributed by atoms with Crippen LogP contribution in [0, 0.1) is 26.0 Å². The van der Waals surface area contributed by atoms with Crippen LogP contribution in [0.15, 0.2) is 65.1 Å². The van der Waals surface area contributed by atoms with E-state index in [-0.39, 0.29) is 5.69 Å². The lowest BCUT2D eigenvalue weighted by Crippen LogP contribution is -2.36. The third kappa shape index (κ3) is 4.36. The highest BCUT2D eigenvalue weighted by atomic mass is 79.9. The van der Waals surface area contributed by atoms with Crippen molar-refractivity contribution in [2.75, 3.05) is 12.4 Å². The van der Waals surface area contributed by atoms with Crippen LogP contribution in [0.5, 0.6) is 5.75 Å². The first-order valence-electron chi connectivity index (χ1n) is 10.4. The van der Waals surface area contributed by atoms with Gasteiger partial charge in [0.25, 0.3) is 11.7 Å². The number of nitrogens with one attached hydrogen (secondary N) is 2. The summed E-state index contributed by atoms with van der Waals surface area (Å²) in [5.74, 6) is 0.526. The molecule has 0 saturated carbocycles. The van der Waals surface area contributed by atoms with Crippen LogP contribution in [0.4, 0.5) is 5.69 Å². The molecule has 0 unspecified atom stereocenters. The second-order valence-corrected chi connectivity index (χ2v) is 8.80. The van der Waals surface area contributed by atoms with Gasteiger partial charge in [0.2, 0.25) is 5.69 Å². The molecule has 0 spiro atoms. The second-order valence-electron chi connectivity index (χ2n) is 7.89. The van der Waals surface area contributed by atoms with Crippen molar-refractivity contribution in [1.29, 1.82) is 0 Å². The summed E-state index contributed by atoms with van der Waals surface area (Å²) in [4.78, 5) is 16.0. The van der Waals surface area contributed by atoms with E-state index in [2.05, 4.69) is 26.2 Å². The van der Waals surface area contributed by atoms with Crippen LogP contribution in [0.25, 0.3) is 22.5 Å². The number of H-pyrrole nitrogens is 1. The predicted molar refractivity (Wildman–Crippen MR) is 133 cm³/mol. The number of halogens is 1.